The van der Waals surface area contributed by atoms with Gasteiger partial charge in [0.25, 0.3) is 0 Å². The molecule has 1 aliphatic rings. The van der Waals surface area contributed by atoms with Gasteiger partial charge in [-0.05, 0) is 65.4 Å². The maximum Gasteiger partial charge on any atom is 0.334 e. The smallest absolute Gasteiger partial charge is 0.334 e. The first-order chi connectivity index (χ1) is 23.8. The number of esters is 1. The van der Waals surface area contributed by atoms with Gasteiger partial charge in [0.2, 0.25) is 12.3 Å². The van der Waals surface area contributed by atoms with Crippen LogP contribution in [0.5, 0.6) is 0 Å². The van der Waals surface area contributed by atoms with Crippen LogP contribution in [-0.2, 0) is 28.6 Å². The molecule has 9 nitrogen and oxygen atoms in total. The van der Waals surface area contributed by atoms with E-state index in [-0.39, 0.29) is 30.6 Å². The Labute approximate surface area is 300 Å². The van der Waals surface area contributed by atoms with Gasteiger partial charge in [-0.15, -0.1) is 0 Å². The number of nitrogens with one attached hydrogen (secondary N) is 2. The third-order valence-electron chi connectivity index (χ3n) is 8.17. The SMILES string of the molecule is CO[C@@H]1/C=C(C)/C=C/[C@@H](C)/C=C(\C)C(=O)OC(/C(C)=C/C=C(\C)CNC(=O)[C@H](CO)NC=O)[C@@H](C)/C=C/C=C/[C@@H](OC)CC/C=C(C)\C=C\C1. The van der Waals surface area contributed by atoms with Crippen molar-refractivity contribution in [1.29, 1.82) is 0 Å². The summed E-state index contributed by atoms with van der Waals surface area (Å²) in [6.45, 7) is 13.4. The van der Waals surface area contributed by atoms with Crippen molar-refractivity contribution in [2.24, 2.45) is 11.8 Å². The first kappa shape index (κ1) is 44.0. The van der Waals surface area contributed by atoms with Gasteiger partial charge in [-0.1, -0.05) is 110 Å². The molecule has 0 bridgehead atoms. The molecule has 0 saturated heterocycles. The number of ether oxygens (including phenoxy) is 3. The molecule has 2 amide bonds. The maximum absolute atomic E-state index is 13.4. The number of methoxy groups -OCH3 is 2. The summed E-state index contributed by atoms with van der Waals surface area (Å²) in [5.41, 5.74) is 4.42. The highest BCUT2D eigenvalue weighted by molar-refractivity contribution is 5.88. The Balaban J connectivity index is 3.39. The van der Waals surface area contributed by atoms with Crippen molar-refractivity contribution in [1.82, 2.24) is 10.6 Å². The number of aliphatic hydroxyl groups is 1. The minimum Gasteiger partial charge on any atom is -0.454 e. The summed E-state index contributed by atoms with van der Waals surface area (Å²) in [4.78, 5) is 36.3. The van der Waals surface area contributed by atoms with Gasteiger partial charge >= 0.3 is 5.97 Å². The molecule has 0 spiro atoms. The highest BCUT2D eigenvalue weighted by atomic mass is 16.5. The lowest BCUT2D eigenvalue weighted by molar-refractivity contribution is -0.144. The molecule has 0 aromatic heterocycles. The van der Waals surface area contributed by atoms with Gasteiger partial charge in [-0.2, -0.15) is 0 Å². The molecule has 50 heavy (non-hydrogen) atoms. The summed E-state index contributed by atoms with van der Waals surface area (Å²) >= 11 is 0. The van der Waals surface area contributed by atoms with E-state index in [9.17, 15) is 19.5 Å². The van der Waals surface area contributed by atoms with Crippen LogP contribution in [0.3, 0.4) is 0 Å². The molecule has 3 N–H and O–H groups in total. The van der Waals surface area contributed by atoms with Crippen LogP contribution in [-0.4, -0.2) is 75.1 Å². The van der Waals surface area contributed by atoms with E-state index in [0.29, 0.717) is 12.0 Å². The second kappa shape index (κ2) is 25.0. The Kier molecular flexibility index (Phi) is 22.0. The van der Waals surface area contributed by atoms with Crippen molar-refractivity contribution in [3.63, 3.8) is 0 Å². The van der Waals surface area contributed by atoms with Crippen molar-refractivity contribution in [2.45, 2.75) is 92.1 Å². The van der Waals surface area contributed by atoms with Gasteiger partial charge in [0, 0.05) is 32.3 Å². The average molecular weight is 693 g/mol. The summed E-state index contributed by atoms with van der Waals surface area (Å²) in [6, 6.07) is -1.02. The monoisotopic (exact) mass is 692 g/mol. The fourth-order valence-corrected chi connectivity index (χ4v) is 5.05. The topological polar surface area (TPSA) is 123 Å². The number of rotatable bonds is 10. The molecule has 1 aliphatic heterocycles. The van der Waals surface area contributed by atoms with E-state index in [2.05, 4.69) is 41.9 Å². The van der Waals surface area contributed by atoms with Crippen LogP contribution < -0.4 is 10.6 Å². The van der Waals surface area contributed by atoms with Gasteiger partial charge in [-0.3, -0.25) is 9.59 Å². The molecule has 0 aromatic rings. The number of carbonyl (C=O) groups excluding carboxylic acids is 3. The van der Waals surface area contributed by atoms with Crippen LogP contribution in [0.2, 0.25) is 0 Å². The minimum atomic E-state index is -1.02. The Morgan fingerprint density at radius 2 is 1.70 bits per heavy atom. The van der Waals surface area contributed by atoms with E-state index >= 15 is 0 Å². The lowest BCUT2D eigenvalue weighted by Crippen LogP contribution is -2.46. The standard InChI is InChI=1S/C41H60N2O7/c1-29-14-12-18-36(48-8)17-11-10-16-33(5)39(34(6)23-22-32(4)26-42-40(46)38(27-44)43-28-45)50-41(47)35(7)24-30(2)20-21-31(3)25-37(49-9)19-13-15-29/h10-11,13-17,20-25,28,30,33,36-39,44H,12,18-19,26-27H2,1-9H3,(H,42,46)(H,43,45)/b15-13+,16-10+,17-11+,21-20+,29-14-,31-25+,32-22+,34-23+,35-24+/t30-,33+,36-,37+,38+,39?/m1/s1. The summed E-state index contributed by atoms with van der Waals surface area (Å²) in [5, 5.41) is 14.3. The Hall–Kier alpha value is -4.05. The van der Waals surface area contributed by atoms with Crippen molar-refractivity contribution in [3.8, 4) is 0 Å². The number of carbonyl (C=O) groups is 3. The fraction of sp³-hybridized carbons (Fsp3) is 0.488. The van der Waals surface area contributed by atoms with Crippen LogP contribution in [0.15, 0.2) is 107 Å². The zero-order valence-electron chi connectivity index (χ0n) is 31.5. The third-order valence-corrected chi connectivity index (χ3v) is 8.17. The normalized spacial score (nSPS) is 30.3. The number of amides is 2. The van der Waals surface area contributed by atoms with E-state index in [4.69, 9.17) is 14.2 Å². The lowest BCUT2D eigenvalue weighted by atomic mass is 9.96. The second-order valence-electron chi connectivity index (χ2n) is 12.8. The Morgan fingerprint density at radius 1 is 1.00 bits per heavy atom. The van der Waals surface area contributed by atoms with Crippen LogP contribution in [0.4, 0.5) is 0 Å². The predicted molar refractivity (Wildman–Crippen MR) is 202 cm³/mol. The summed E-state index contributed by atoms with van der Waals surface area (Å²) in [7, 11) is 3.42. The van der Waals surface area contributed by atoms with Crippen molar-refractivity contribution in [2.75, 3.05) is 27.4 Å². The summed E-state index contributed by atoms with van der Waals surface area (Å²) in [6.07, 6.45) is 28.4. The van der Waals surface area contributed by atoms with Crippen LogP contribution in [0.25, 0.3) is 0 Å². The van der Waals surface area contributed by atoms with E-state index in [1.807, 2.05) is 89.3 Å². The Bertz CT molecular complexity index is 1360. The molecule has 276 valence electrons. The number of allylic oxidation sites excluding steroid dienone is 11. The fourth-order valence-electron chi connectivity index (χ4n) is 5.05. The quantitative estimate of drug-likeness (QED) is 0.135. The zero-order valence-corrected chi connectivity index (χ0v) is 31.5. The average Bonchev–Trinajstić information content (AvgIpc) is 3.09. The third kappa shape index (κ3) is 18.1. The number of aliphatic hydroxyl groups excluding tert-OH is 1. The van der Waals surface area contributed by atoms with Gasteiger partial charge in [0.1, 0.15) is 12.1 Å². The van der Waals surface area contributed by atoms with Gasteiger partial charge in [0.05, 0.1) is 18.8 Å². The molecule has 0 radical (unpaired) electrons. The predicted octanol–water partition coefficient (Wildman–Crippen LogP) is 6.56. The molecule has 0 aromatic carbocycles. The lowest BCUT2D eigenvalue weighted by Gasteiger charge is -2.23. The number of hydrogen-bond donors (Lipinski definition) is 3. The first-order valence-electron chi connectivity index (χ1n) is 17.3. The zero-order chi connectivity index (χ0) is 37.5. The van der Waals surface area contributed by atoms with Crippen LogP contribution in [0, 0.1) is 11.8 Å². The van der Waals surface area contributed by atoms with Crippen LogP contribution in [0.1, 0.15) is 67.7 Å². The highest BCUT2D eigenvalue weighted by Gasteiger charge is 2.22. The largest absolute Gasteiger partial charge is 0.454 e. The van der Waals surface area contributed by atoms with Crippen molar-refractivity contribution < 1.29 is 33.7 Å². The maximum atomic E-state index is 13.4. The molecule has 1 heterocycles. The van der Waals surface area contributed by atoms with Crippen molar-refractivity contribution in [3.05, 3.63) is 107 Å². The van der Waals surface area contributed by atoms with E-state index in [1.165, 1.54) is 5.57 Å². The van der Waals surface area contributed by atoms with Gasteiger partial charge in [0.15, 0.2) is 0 Å². The molecule has 9 heteroatoms. The highest BCUT2D eigenvalue weighted by Crippen LogP contribution is 2.21. The summed E-state index contributed by atoms with van der Waals surface area (Å²) in [5.74, 6) is -1.06. The molecular weight excluding hydrogens is 632 g/mol. The molecule has 1 unspecified atom stereocenters. The van der Waals surface area contributed by atoms with Crippen LogP contribution >= 0.6 is 0 Å². The summed E-state index contributed by atoms with van der Waals surface area (Å²) < 4.78 is 17.5. The molecule has 0 fully saturated rings. The van der Waals surface area contributed by atoms with E-state index in [0.717, 1.165) is 36.0 Å². The van der Waals surface area contributed by atoms with Crippen molar-refractivity contribution >= 4 is 18.3 Å². The molecule has 1 rings (SSSR count). The number of cyclic esters (lactones) is 1. The van der Waals surface area contributed by atoms with Gasteiger partial charge in [-0.25, -0.2) is 4.79 Å². The second-order valence-corrected chi connectivity index (χ2v) is 12.8. The van der Waals surface area contributed by atoms with E-state index < -0.39 is 30.6 Å². The molecule has 6 atom stereocenters. The minimum absolute atomic E-state index is 0.00986. The first-order valence-corrected chi connectivity index (χ1v) is 17.3. The Morgan fingerprint density at radius 3 is 2.36 bits per heavy atom. The van der Waals surface area contributed by atoms with Gasteiger partial charge < -0.3 is 30.0 Å². The molecular formula is C41H60N2O7. The molecule has 0 saturated carbocycles. The van der Waals surface area contributed by atoms with E-state index in [1.54, 1.807) is 21.1 Å². The number of hydrogen-bond acceptors (Lipinski definition) is 7. The molecule has 0 aliphatic carbocycles.